The van der Waals surface area contributed by atoms with Crippen LogP contribution in [0.25, 0.3) is 0 Å². The molecule has 0 aromatic carbocycles. The van der Waals surface area contributed by atoms with Crippen molar-refractivity contribution in [1.82, 2.24) is 20.0 Å². The number of hydrogen-bond donors (Lipinski definition) is 1. The number of nitrogens with zero attached hydrogens (tertiary/aromatic N) is 3. The maximum Gasteiger partial charge on any atom is 0.0762 e. The van der Waals surface area contributed by atoms with Gasteiger partial charge in [0.25, 0.3) is 0 Å². The van der Waals surface area contributed by atoms with Gasteiger partial charge in [0.05, 0.1) is 5.69 Å². The fourth-order valence-corrected chi connectivity index (χ4v) is 2.38. The van der Waals surface area contributed by atoms with Crippen molar-refractivity contribution in [3.05, 3.63) is 18.0 Å². The molecule has 108 valence electrons. The Kier molecular flexibility index (Phi) is 5.40. The Labute approximate surface area is 117 Å². The van der Waals surface area contributed by atoms with Crippen LogP contribution in [0.3, 0.4) is 0 Å². The van der Waals surface area contributed by atoms with Gasteiger partial charge >= 0.3 is 0 Å². The third-order valence-corrected chi connectivity index (χ3v) is 4.06. The molecule has 0 aliphatic heterocycles. The zero-order valence-electron chi connectivity index (χ0n) is 12.6. The Bertz CT molecular complexity index is 370. The first-order chi connectivity index (χ1) is 9.24. The Morgan fingerprint density at radius 3 is 2.89 bits per heavy atom. The van der Waals surface area contributed by atoms with Crippen LogP contribution >= 0.6 is 0 Å². The van der Waals surface area contributed by atoms with Crippen LogP contribution in [0.1, 0.15) is 51.8 Å². The van der Waals surface area contributed by atoms with Gasteiger partial charge in [-0.1, -0.05) is 13.8 Å². The molecule has 1 saturated carbocycles. The maximum atomic E-state index is 4.61. The first kappa shape index (κ1) is 14.5. The second kappa shape index (κ2) is 7.06. The van der Waals surface area contributed by atoms with Crippen molar-refractivity contribution in [2.45, 2.75) is 58.7 Å². The second-order valence-electron chi connectivity index (χ2n) is 5.58. The molecule has 4 heteroatoms. The van der Waals surface area contributed by atoms with Gasteiger partial charge in [-0.2, -0.15) is 5.10 Å². The molecular weight excluding hydrogens is 236 g/mol. The smallest absolute Gasteiger partial charge is 0.0762 e. The summed E-state index contributed by atoms with van der Waals surface area (Å²) >= 11 is 0. The average Bonchev–Trinajstić information content (AvgIpc) is 3.16. The number of nitrogens with one attached hydrogen (secondary N) is 1. The van der Waals surface area contributed by atoms with Gasteiger partial charge in [-0.05, 0) is 38.8 Å². The SMILES string of the molecule is CCC(C)n1ccc(CNCCN(CC)C2CC2)n1. The summed E-state index contributed by atoms with van der Waals surface area (Å²) in [5.74, 6) is 0. The predicted octanol–water partition coefficient (Wildman–Crippen LogP) is 2.43. The third kappa shape index (κ3) is 4.32. The van der Waals surface area contributed by atoms with Crippen LogP contribution in [0.2, 0.25) is 0 Å². The lowest BCUT2D eigenvalue weighted by atomic mass is 10.3. The summed E-state index contributed by atoms with van der Waals surface area (Å²) < 4.78 is 2.07. The zero-order valence-corrected chi connectivity index (χ0v) is 12.6. The van der Waals surface area contributed by atoms with E-state index in [2.05, 4.69) is 53.0 Å². The van der Waals surface area contributed by atoms with E-state index in [4.69, 9.17) is 0 Å². The summed E-state index contributed by atoms with van der Waals surface area (Å²) in [6.07, 6.45) is 6.01. The summed E-state index contributed by atoms with van der Waals surface area (Å²) in [6.45, 7) is 10.9. The van der Waals surface area contributed by atoms with E-state index in [9.17, 15) is 0 Å². The van der Waals surface area contributed by atoms with Crippen LogP contribution < -0.4 is 5.32 Å². The molecule has 0 spiro atoms. The minimum atomic E-state index is 0.499. The number of likely N-dealkylation sites (N-methyl/N-ethyl adjacent to an activating group) is 1. The van der Waals surface area contributed by atoms with E-state index in [1.807, 2.05) is 0 Å². The minimum absolute atomic E-state index is 0.499. The molecule has 1 aliphatic rings. The summed E-state index contributed by atoms with van der Waals surface area (Å²) in [5.41, 5.74) is 1.15. The minimum Gasteiger partial charge on any atom is -0.310 e. The molecule has 1 aromatic heterocycles. The molecule has 0 amide bonds. The summed E-state index contributed by atoms with van der Waals surface area (Å²) in [7, 11) is 0. The molecule has 1 fully saturated rings. The lowest BCUT2D eigenvalue weighted by molar-refractivity contribution is 0.276. The highest BCUT2D eigenvalue weighted by Crippen LogP contribution is 2.25. The Morgan fingerprint density at radius 2 is 2.26 bits per heavy atom. The predicted molar refractivity (Wildman–Crippen MR) is 79.2 cm³/mol. The van der Waals surface area contributed by atoms with Gasteiger partial charge in [0, 0.05) is 37.9 Å². The normalized spacial score (nSPS) is 17.1. The summed E-state index contributed by atoms with van der Waals surface area (Å²) in [4.78, 5) is 2.57. The molecule has 4 nitrogen and oxygen atoms in total. The molecule has 0 radical (unpaired) electrons. The Hall–Kier alpha value is -0.870. The lowest BCUT2D eigenvalue weighted by Gasteiger charge is -2.19. The molecule has 1 N–H and O–H groups in total. The molecule has 1 atom stereocenters. The van der Waals surface area contributed by atoms with Gasteiger partial charge in [0.2, 0.25) is 0 Å². The molecule has 19 heavy (non-hydrogen) atoms. The lowest BCUT2D eigenvalue weighted by Crippen LogP contribution is -2.33. The van der Waals surface area contributed by atoms with E-state index in [0.717, 1.165) is 37.8 Å². The second-order valence-corrected chi connectivity index (χ2v) is 5.58. The third-order valence-electron chi connectivity index (χ3n) is 4.06. The fourth-order valence-electron chi connectivity index (χ4n) is 2.38. The Morgan fingerprint density at radius 1 is 1.47 bits per heavy atom. The molecule has 2 rings (SSSR count). The van der Waals surface area contributed by atoms with E-state index < -0.39 is 0 Å². The number of rotatable bonds is 9. The number of hydrogen-bond acceptors (Lipinski definition) is 3. The van der Waals surface area contributed by atoms with Gasteiger partial charge < -0.3 is 5.32 Å². The highest BCUT2D eigenvalue weighted by molar-refractivity contribution is 4.99. The molecule has 1 aliphatic carbocycles. The highest BCUT2D eigenvalue weighted by atomic mass is 15.3. The van der Waals surface area contributed by atoms with Crippen LogP contribution in [-0.4, -0.2) is 40.4 Å². The molecular formula is C15H28N4. The van der Waals surface area contributed by atoms with Crippen LogP contribution in [0.5, 0.6) is 0 Å². The van der Waals surface area contributed by atoms with Gasteiger partial charge in [0.15, 0.2) is 0 Å². The fraction of sp³-hybridized carbons (Fsp3) is 0.800. The van der Waals surface area contributed by atoms with E-state index in [0.29, 0.717) is 6.04 Å². The van der Waals surface area contributed by atoms with Crippen molar-refractivity contribution in [2.75, 3.05) is 19.6 Å². The molecule has 1 unspecified atom stereocenters. The van der Waals surface area contributed by atoms with Crippen LogP contribution in [0.4, 0.5) is 0 Å². The van der Waals surface area contributed by atoms with Crippen LogP contribution in [0.15, 0.2) is 12.3 Å². The van der Waals surface area contributed by atoms with E-state index in [1.54, 1.807) is 0 Å². The highest BCUT2D eigenvalue weighted by Gasteiger charge is 2.26. The van der Waals surface area contributed by atoms with Crippen LogP contribution in [0, 0.1) is 0 Å². The summed E-state index contributed by atoms with van der Waals surface area (Å²) in [5, 5.41) is 8.11. The topological polar surface area (TPSA) is 33.1 Å². The van der Waals surface area contributed by atoms with Crippen molar-refractivity contribution < 1.29 is 0 Å². The largest absolute Gasteiger partial charge is 0.310 e. The van der Waals surface area contributed by atoms with E-state index in [1.165, 1.54) is 19.4 Å². The molecule has 0 bridgehead atoms. The van der Waals surface area contributed by atoms with Crippen LogP contribution in [-0.2, 0) is 6.54 Å². The monoisotopic (exact) mass is 264 g/mol. The van der Waals surface area contributed by atoms with E-state index in [-0.39, 0.29) is 0 Å². The number of aromatic nitrogens is 2. The quantitative estimate of drug-likeness (QED) is 0.695. The first-order valence-electron chi connectivity index (χ1n) is 7.73. The van der Waals surface area contributed by atoms with Crippen molar-refractivity contribution in [2.24, 2.45) is 0 Å². The molecule has 0 saturated heterocycles. The van der Waals surface area contributed by atoms with Gasteiger partial charge in [-0.15, -0.1) is 0 Å². The summed E-state index contributed by atoms with van der Waals surface area (Å²) in [6, 6.07) is 3.49. The molecule has 1 aromatic rings. The molecule has 1 heterocycles. The van der Waals surface area contributed by atoms with Crippen molar-refractivity contribution in [1.29, 1.82) is 0 Å². The van der Waals surface area contributed by atoms with Gasteiger partial charge in [0.1, 0.15) is 0 Å². The standard InChI is InChI=1S/C15H28N4/c1-4-13(3)19-10-8-14(17-19)12-16-9-11-18(5-2)15-6-7-15/h8,10,13,15-16H,4-7,9,11-12H2,1-3H3. The average molecular weight is 264 g/mol. The first-order valence-corrected chi connectivity index (χ1v) is 7.73. The maximum absolute atomic E-state index is 4.61. The van der Waals surface area contributed by atoms with Crippen molar-refractivity contribution in [3.8, 4) is 0 Å². The van der Waals surface area contributed by atoms with Crippen molar-refractivity contribution >= 4 is 0 Å². The van der Waals surface area contributed by atoms with Gasteiger partial charge in [-0.25, -0.2) is 0 Å². The van der Waals surface area contributed by atoms with Crippen molar-refractivity contribution in [3.63, 3.8) is 0 Å². The Balaban J connectivity index is 1.66. The van der Waals surface area contributed by atoms with E-state index >= 15 is 0 Å². The van der Waals surface area contributed by atoms with Gasteiger partial charge in [-0.3, -0.25) is 9.58 Å². The zero-order chi connectivity index (χ0) is 13.7.